The molecule has 1 aromatic rings. The summed E-state index contributed by atoms with van der Waals surface area (Å²) in [6.45, 7) is 3.40. The van der Waals surface area contributed by atoms with Crippen LogP contribution in [-0.4, -0.2) is 32.7 Å². The molecule has 0 aliphatic carbocycles. The van der Waals surface area contributed by atoms with Crippen molar-refractivity contribution >= 4 is 33.2 Å². The molecule has 1 atom stereocenters. The minimum absolute atomic E-state index is 0.0236. The SMILES string of the molecule is CCOC(C)(c1cccc(NC(N)=O)c1)S(=O)(=O)CCCl. The molecule has 6 nitrogen and oxygen atoms in total. The summed E-state index contributed by atoms with van der Waals surface area (Å²) in [7, 11) is -3.63. The van der Waals surface area contributed by atoms with E-state index in [4.69, 9.17) is 22.1 Å². The summed E-state index contributed by atoms with van der Waals surface area (Å²) in [6.07, 6.45) is 0. The van der Waals surface area contributed by atoms with Gasteiger partial charge in [-0.2, -0.15) is 0 Å². The lowest BCUT2D eigenvalue weighted by Gasteiger charge is -2.30. The number of nitrogens with two attached hydrogens (primary N) is 1. The molecule has 0 radical (unpaired) electrons. The fraction of sp³-hybridized carbons (Fsp3) is 0.462. The lowest BCUT2D eigenvalue weighted by Crippen LogP contribution is -2.38. The van der Waals surface area contributed by atoms with Gasteiger partial charge in [-0.05, 0) is 26.0 Å². The van der Waals surface area contributed by atoms with Crippen LogP contribution in [0, 0.1) is 0 Å². The molecule has 1 aromatic carbocycles. The van der Waals surface area contributed by atoms with Crippen LogP contribution in [0.4, 0.5) is 10.5 Å². The topological polar surface area (TPSA) is 98.5 Å². The molecule has 118 valence electrons. The van der Waals surface area contributed by atoms with Crippen molar-refractivity contribution in [2.45, 2.75) is 18.8 Å². The van der Waals surface area contributed by atoms with Crippen LogP contribution in [0.1, 0.15) is 19.4 Å². The van der Waals surface area contributed by atoms with Gasteiger partial charge in [-0.1, -0.05) is 12.1 Å². The molecule has 0 fully saturated rings. The van der Waals surface area contributed by atoms with E-state index in [0.717, 1.165) is 0 Å². The molecule has 21 heavy (non-hydrogen) atoms. The number of amides is 2. The average Bonchev–Trinajstić information content (AvgIpc) is 2.38. The standard InChI is InChI=1S/C13H19ClN2O4S/c1-3-20-13(2,21(18,19)8-7-14)10-5-4-6-11(9-10)16-12(15)17/h4-6,9H,3,7-8H2,1-2H3,(H3,15,16,17). The first-order valence-corrected chi connectivity index (χ1v) is 8.54. The number of anilines is 1. The molecule has 2 amide bonds. The van der Waals surface area contributed by atoms with Crippen LogP contribution in [0.3, 0.4) is 0 Å². The number of urea groups is 1. The van der Waals surface area contributed by atoms with E-state index < -0.39 is 20.8 Å². The summed E-state index contributed by atoms with van der Waals surface area (Å²) in [5, 5.41) is 2.41. The summed E-state index contributed by atoms with van der Waals surface area (Å²) >= 11 is 5.57. The highest BCUT2D eigenvalue weighted by Crippen LogP contribution is 2.33. The van der Waals surface area contributed by atoms with E-state index in [2.05, 4.69) is 5.32 Å². The molecule has 0 aromatic heterocycles. The third-order valence-electron chi connectivity index (χ3n) is 3.01. The lowest BCUT2D eigenvalue weighted by molar-refractivity contribution is 0.0376. The number of halogens is 1. The number of nitrogens with one attached hydrogen (secondary N) is 1. The minimum Gasteiger partial charge on any atom is -0.355 e. The molecule has 0 spiro atoms. The Hall–Kier alpha value is -1.31. The Morgan fingerprint density at radius 2 is 2.14 bits per heavy atom. The Bertz CT molecular complexity index is 606. The Morgan fingerprint density at radius 1 is 1.48 bits per heavy atom. The Balaban J connectivity index is 3.31. The predicted molar refractivity (Wildman–Crippen MR) is 83.1 cm³/mol. The zero-order valence-electron chi connectivity index (χ0n) is 11.9. The number of carbonyl (C=O) groups is 1. The van der Waals surface area contributed by atoms with E-state index in [1.807, 2.05) is 0 Å². The van der Waals surface area contributed by atoms with Gasteiger partial charge < -0.3 is 15.8 Å². The van der Waals surface area contributed by atoms with E-state index in [9.17, 15) is 13.2 Å². The van der Waals surface area contributed by atoms with Crippen LogP contribution in [0.5, 0.6) is 0 Å². The van der Waals surface area contributed by atoms with Crippen LogP contribution in [-0.2, 0) is 19.5 Å². The molecule has 1 unspecified atom stereocenters. The highest BCUT2D eigenvalue weighted by molar-refractivity contribution is 7.92. The minimum atomic E-state index is -3.63. The fourth-order valence-electron chi connectivity index (χ4n) is 1.95. The van der Waals surface area contributed by atoms with Gasteiger partial charge in [-0.25, -0.2) is 13.2 Å². The Morgan fingerprint density at radius 3 is 2.67 bits per heavy atom. The van der Waals surface area contributed by atoms with Gasteiger partial charge in [-0.3, -0.25) is 0 Å². The largest absolute Gasteiger partial charge is 0.355 e. The van der Waals surface area contributed by atoms with Gasteiger partial charge in [-0.15, -0.1) is 11.6 Å². The van der Waals surface area contributed by atoms with E-state index >= 15 is 0 Å². The highest BCUT2D eigenvalue weighted by atomic mass is 35.5. The molecule has 0 saturated heterocycles. The molecular formula is C13H19ClN2O4S. The first kappa shape index (κ1) is 17.7. The lowest BCUT2D eigenvalue weighted by atomic mass is 10.1. The summed E-state index contributed by atoms with van der Waals surface area (Å²) < 4.78 is 30.4. The van der Waals surface area contributed by atoms with E-state index in [1.165, 1.54) is 13.0 Å². The summed E-state index contributed by atoms with van der Waals surface area (Å²) in [4.78, 5) is 9.36. The van der Waals surface area contributed by atoms with Crippen LogP contribution in [0.25, 0.3) is 0 Å². The molecule has 0 heterocycles. The van der Waals surface area contributed by atoms with Gasteiger partial charge in [0.15, 0.2) is 14.8 Å². The maximum absolute atomic E-state index is 12.5. The number of hydrogen-bond donors (Lipinski definition) is 2. The third kappa shape index (κ3) is 4.09. The number of alkyl halides is 1. The Labute approximate surface area is 129 Å². The number of primary amides is 1. The number of sulfone groups is 1. The summed E-state index contributed by atoms with van der Waals surface area (Å²) in [6, 6.07) is 5.64. The molecule has 0 saturated carbocycles. The van der Waals surface area contributed by atoms with Crippen LogP contribution >= 0.6 is 11.6 Å². The zero-order chi connectivity index (χ0) is 16.1. The van der Waals surface area contributed by atoms with Crippen molar-refractivity contribution in [3.05, 3.63) is 29.8 Å². The van der Waals surface area contributed by atoms with Gasteiger partial charge in [0.2, 0.25) is 0 Å². The van der Waals surface area contributed by atoms with Crippen LogP contribution in [0.2, 0.25) is 0 Å². The number of ether oxygens (including phenoxy) is 1. The van der Waals surface area contributed by atoms with Gasteiger partial charge in [0.25, 0.3) is 0 Å². The van der Waals surface area contributed by atoms with Crippen molar-refractivity contribution in [1.29, 1.82) is 0 Å². The average molecular weight is 335 g/mol. The maximum atomic E-state index is 12.5. The number of benzene rings is 1. The first-order valence-electron chi connectivity index (χ1n) is 6.36. The maximum Gasteiger partial charge on any atom is 0.316 e. The van der Waals surface area contributed by atoms with Crippen molar-refractivity contribution in [3.8, 4) is 0 Å². The van der Waals surface area contributed by atoms with Crippen molar-refractivity contribution < 1.29 is 17.9 Å². The predicted octanol–water partition coefficient (Wildman–Crippen LogP) is 2.04. The van der Waals surface area contributed by atoms with E-state index in [0.29, 0.717) is 11.3 Å². The highest BCUT2D eigenvalue weighted by Gasteiger charge is 2.41. The molecule has 0 aliphatic rings. The van der Waals surface area contributed by atoms with Crippen molar-refractivity contribution in [2.75, 3.05) is 23.6 Å². The number of hydrogen-bond acceptors (Lipinski definition) is 4. The number of carbonyl (C=O) groups excluding carboxylic acids is 1. The zero-order valence-corrected chi connectivity index (χ0v) is 13.5. The Kier molecular flexibility index (Phi) is 6.00. The molecule has 0 aliphatic heterocycles. The van der Waals surface area contributed by atoms with Crippen molar-refractivity contribution in [2.24, 2.45) is 5.73 Å². The van der Waals surface area contributed by atoms with Gasteiger partial charge in [0.05, 0.1) is 5.75 Å². The molecule has 3 N–H and O–H groups in total. The smallest absolute Gasteiger partial charge is 0.316 e. The monoisotopic (exact) mass is 334 g/mol. The fourth-order valence-corrected chi connectivity index (χ4v) is 3.93. The van der Waals surface area contributed by atoms with Crippen LogP contribution in [0.15, 0.2) is 24.3 Å². The third-order valence-corrected chi connectivity index (χ3v) is 5.71. The quantitative estimate of drug-likeness (QED) is 0.745. The first-order chi connectivity index (χ1) is 9.76. The second kappa shape index (κ2) is 7.11. The van der Waals surface area contributed by atoms with Gasteiger partial charge in [0.1, 0.15) is 0 Å². The molecule has 1 rings (SSSR count). The summed E-state index contributed by atoms with van der Waals surface area (Å²) in [5.41, 5.74) is 5.86. The second-order valence-electron chi connectivity index (χ2n) is 4.46. The number of rotatable bonds is 7. The van der Waals surface area contributed by atoms with Gasteiger partial charge in [0, 0.05) is 23.7 Å². The molecular weight excluding hydrogens is 316 g/mol. The van der Waals surface area contributed by atoms with Gasteiger partial charge >= 0.3 is 6.03 Å². The van der Waals surface area contributed by atoms with Crippen LogP contribution < -0.4 is 11.1 Å². The van der Waals surface area contributed by atoms with Crippen molar-refractivity contribution in [1.82, 2.24) is 0 Å². The summed E-state index contributed by atoms with van der Waals surface area (Å²) in [5.74, 6) is -0.233. The van der Waals surface area contributed by atoms with E-state index in [-0.39, 0.29) is 18.2 Å². The molecule has 8 heteroatoms. The normalized spacial score (nSPS) is 14.4. The second-order valence-corrected chi connectivity index (χ2v) is 7.25. The van der Waals surface area contributed by atoms with E-state index in [1.54, 1.807) is 25.1 Å². The molecule has 0 bridgehead atoms. The van der Waals surface area contributed by atoms with Crippen molar-refractivity contribution in [3.63, 3.8) is 0 Å².